The van der Waals surface area contributed by atoms with E-state index in [1.807, 2.05) is 12.2 Å². The molecule has 0 bridgehead atoms. The van der Waals surface area contributed by atoms with E-state index in [2.05, 4.69) is 20.3 Å². The van der Waals surface area contributed by atoms with Gasteiger partial charge in [-0.15, -0.1) is 0 Å². The van der Waals surface area contributed by atoms with Crippen molar-refractivity contribution in [3.63, 3.8) is 0 Å². The number of H-pyrrole nitrogens is 1. The highest BCUT2D eigenvalue weighted by molar-refractivity contribution is 6.33. The molecule has 5 nitrogen and oxygen atoms in total. The molecule has 2 heterocycles. The summed E-state index contributed by atoms with van der Waals surface area (Å²) in [5.74, 6) is -0.0565. The number of rotatable bonds is 3. The third-order valence-electron chi connectivity index (χ3n) is 2.21. The van der Waals surface area contributed by atoms with Crippen LogP contribution in [-0.2, 0) is 4.79 Å². The van der Waals surface area contributed by atoms with Crippen LogP contribution in [0.25, 0.3) is 17.1 Å². The number of hydrogen-bond acceptors (Lipinski definition) is 3. The molecule has 0 aliphatic heterocycles. The zero-order valence-corrected chi connectivity index (χ0v) is 9.95. The van der Waals surface area contributed by atoms with Gasteiger partial charge in [0.15, 0.2) is 5.15 Å². The Hall–Kier alpha value is -1.88. The maximum Gasteiger partial charge on any atom is 0.217 e. The lowest BCUT2D eigenvalue weighted by atomic mass is 10.2. The summed E-state index contributed by atoms with van der Waals surface area (Å²) in [5.41, 5.74) is 2.40. The second-order valence-corrected chi connectivity index (χ2v) is 3.83. The molecule has 17 heavy (non-hydrogen) atoms. The molecule has 2 aromatic rings. The molecule has 0 saturated carbocycles. The van der Waals surface area contributed by atoms with Crippen LogP contribution >= 0.6 is 11.6 Å². The van der Waals surface area contributed by atoms with Crippen LogP contribution in [0.4, 0.5) is 0 Å². The van der Waals surface area contributed by atoms with Crippen molar-refractivity contribution in [2.75, 3.05) is 6.54 Å². The molecule has 0 atom stereocenters. The summed E-state index contributed by atoms with van der Waals surface area (Å²) >= 11 is 5.91. The number of amides is 1. The number of carbonyl (C=O) groups excluding carboxylic acids is 1. The van der Waals surface area contributed by atoms with E-state index in [1.54, 1.807) is 6.20 Å². The topological polar surface area (TPSA) is 70.7 Å². The second-order valence-electron chi connectivity index (χ2n) is 3.47. The summed E-state index contributed by atoms with van der Waals surface area (Å²) in [6.45, 7) is 1.97. The van der Waals surface area contributed by atoms with Gasteiger partial charge in [0.1, 0.15) is 17.4 Å². The lowest BCUT2D eigenvalue weighted by Crippen LogP contribution is -2.19. The van der Waals surface area contributed by atoms with E-state index in [0.29, 0.717) is 17.2 Å². The van der Waals surface area contributed by atoms with Gasteiger partial charge in [0.2, 0.25) is 5.91 Å². The normalized spacial score (nSPS) is 11.2. The van der Waals surface area contributed by atoms with Crippen molar-refractivity contribution < 1.29 is 4.79 Å². The Labute approximate surface area is 103 Å². The number of aromatic nitrogens is 3. The fourth-order valence-electron chi connectivity index (χ4n) is 1.44. The molecular weight excluding hydrogens is 240 g/mol. The average Bonchev–Trinajstić information content (AvgIpc) is 2.69. The number of nitrogens with zero attached hydrogens (tertiary/aromatic N) is 2. The molecule has 0 spiro atoms. The number of nitrogens with one attached hydrogen (secondary N) is 2. The third kappa shape index (κ3) is 2.62. The van der Waals surface area contributed by atoms with Crippen molar-refractivity contribution in [1.29, 1.82) is 0 Å². The molecule has 0 saturated heterocycles. The van der Waals surface area contributed by atoms with Gasteiger partial charge >= 0.3 is 0 Å². The zero-order chi connectivity index (χ0) is 12.3. The highest BCUT2D eigenvalue weighted by Crippen LogP contribution is 2.21. The van der Waals surface area contributed by atoms with Crippen molar-refractivity contribution in [3.05, 3.63) is 29.3 Å². The quantitative estimate of drug-likeness (QED) is 0.816. The molecule has 2 N–H and O–H groups in total. The fraction of sp³-hybridized carbons (Fsp3) is 0.182. The molecule has 1 amide bonds. The summed E-state index contributed by atoms with van der Waals surface area (Å²) in [6, 6.07) is 0. The lowest BCUT2D eigenvalue weighted by Gasteiger charge is -1.94. The average molecular weight is 251 g/mol. The van der Waals surface area contributed by atoms with Crippen LogP contribution in [0.3, 0.4) is 0 Å². The Balaban J connectivity index is 2.19. The minimum Gasteiger partial charge on any atom is -0.357 e. The van der Waals surface area contributed by atoms with E-state index in [4.69, 9.17) is 11.6 Å². The molecule has 2 aromatic heterocycles. The summed E-state index contributed by atoms with van der Waals surface area (Å²) in [4.78, 5) is 21.7. The zero-order valence-electron chi connectivity index (χ0n) is 9.20. The smallest absolute Gasteiger partial charge is 0.217 e. The molecule has 0 fully saturated rings. The summed E-state index contributed by atoms with van der Waals surface area (Å²) in [7, 11) is 0. The van der Waals surface area contributed by atoms with Gasteiger partial charge in [-0.3, -0.25) is 4.79 Å². The molecular formula is C11H11ClN4O. The van der Waals surface area contributed by atoms with Crippen LogP contribution in [0.15, 0.2) is 18.6 Å². The van der Waals surface area contributed by atoms with Crippen LogP contribution in [-0.4, -0.2) is 27.4 Å². The second kappa shape index (κ2) is 4.97. The number of hydrogen-bond donors (Lipinski definition) is 2. The van der Waals surface area contributed by atoms with Gasteiger partial charge in [0, 0.05) is 25.2 Å². The first kappa shape index (κ1) is 11.6. The minimum absolute atomic E-state index is 0.0565. The fourth-order valence-corrected chi connectivity index (χ4v) is 1.63. The Morgan fingerprint density at radius 1 is 1.59 bits per heavy atom. The Morgan fingerprint density at radius 3 is 3.18 bits per heavy atom. The third-order valence-corrected chi connectivity index (χ3v) is 2.50. The maximum atomic E-state index is 10.7. The Bertz CT molecular complexity index is 576. The Morgan fingerprint density at radius 2 is 2.41 bits per heavy atom. The molecule has 0 aliphatic carbocycles. The Kier molecular flexibility index (Phi) is 3.39. The summed E-state index contributed by atoms with van der Waals surface area (Å²) < 4.78 is 0. The summed E-state index contributed by atoms with van der Waals surface area (Å²) in [6.07, 6.45) is 6.94. The molecule has 88 valence electrons. The predicted octanol–water partition coefficient (Wildman–Crippen LogP) is 1.76. The van der Waals surface area contributed by atoms with Gasteiger partial charge in [0.05, 0.1) is 0 Å². The monoisotopic (exact) mass is 250 g/mol. The van der Waals surface area contributed by atoms with E-state index in [0.717, 1.165) is 11.1 Å². The standard InChI is InChI=1S/C11H11ClN4O/c1-7(17)13-4-2-3-8-5-14-10-9(8)15-6-16-11(10)12/h2-3,5-6,14H,4H2,1H3,(H,13,17). The van der Waals surface area contributed by atoms with Crippen molar-refractivity contribution in [2.24, 2.45) is 0 Å². The first-order valence-corrected chi connectivity index (χ1v) is 5.45. The highest BCUT2D eigenvalue weighted by Gasteiger charge is 2.05. The van der Waals surface area contributed by atoms with Crippen LogP contribution in [0.5, 0.6) is 0 Å². The van der Waals surface area contributed by atoms with Gasteiger partial charge in [-0.05, 0) is 0 Å². The number of aromatic amines is 1. The largest absolute Gasteiger partial charge is 0.357 e. The number of carbonyl (C=O) groups is 1. The number of fused-ring (bicyclic) bond motifs is 1. The van der Waals surface area contributed by atoms with Crippen molar-refractivity contribution in [1.82, 2.24) is 20.3 Å². The SMILES string of the molecule is CC(=O)NCC=Cc1c[nH]c2c(Cl)ncnc12. The van der Waals surface area contributed by atoms with Gasteiger partial charge in [-0.2, -0.15) is 0 Å². The highest BCUT2D eigenvalue weighted by atomic mass is 35.5. The van der Waals surface area contributed by atoms with Gasteiger partial charge in [-0.25, -0.2) is 9.97 Å². The maximum absolute atomic E-state index is 10.7. The molecule has 6 heteroatoms. The summed E-state index contributed by atoms with van der Waals surface area (Å²) in [5, 5.41) is 3.07. The predicted molar refractivity (Wildman–Crippen MR) is 66.6 cm³/mol. The molecule has 0 radical (unpaired) electrons. The molecule has 0 unspecified atom stereocenters. The first-order valence-electron chi connectivity index (χ1n) is 5.07. The van der Waals surface area contributed by atoms with Crippen molar-refractivity contribution in [3.8, 4) is 0 Å². The first-order chi connectivity index (χ1) is 8.18. The van der Waals surface area contributed by atoms with E-state index in [1.165, 1.54) is 13.3 Å². The lowest BCUT2D eigenvalue weighted by molar-refractivity contribution is -0.118. The molecule has 2 rings (SSSR count). The number of halogens is 1. The van der Waals surface area contributed by atoms with Crippen LogP contribution < -0.4 is 5.32 Å². The van der Waals surface area contributed by atoms with Crippen molar-refractivity contribution >= 4 is 34.6 Å². The molecule has 0 aliphatic rings. The van der Waals surface area contributed by atoms with Gasteiger partial charge < -0.3 is 10.3 Å². The minimum atomic E-state index is -0.0565. The van der Waals surface area contributed by atoms with E-state index >= 15 is 0 Å². The van der Waals surface area contributed by atoms with E-state index in [-0.39, 0.29) is 5.91 Å². The van der Waals surface area contributed by atoms with Crippen molar-refractivity contribution in [2.45, 2.75) is 6.92 Å². The van der Waals surface area contributed by atoms with Crippen LogP contribution in [0.1, 0.15) is 12.5 Å². The van der Waals surface area contributed by atoms with E-state index in [9.17, 15) is 4.79 Å². The van der Waals surface area contributed by atoms with Gasteiger partial charge in [0.25, 0.3) is 0 Å². The van der Waals surface area contributed by atoms with Gasteiger partial charge in [-0.1, -0.05) is 23.8 Å². The van der Waals surface area contributed by atoms with E-state index < -0.39 is 0 Å². The van der Waals surface area contributed by atoms with Crippen LogP contribution in [0.2, 0.25) is 5.15 Å². The molecule has 0 aromatic carbocycles. The van der Waals surface area contributed by atoms with Crippen LogP contribution in [0, 0.1) is 0 Å².